The predicted molar refractivity (Wildman–Crippen MR) is 60.3 cm³/mol. The lowest BCUT2D eigenvalue weighted by Crippen LogP contribution is -2.30. The molecular weight excluding hydrogens is 190 g/mol. The van der Waals surface area contributed by atoms with Crippen LogP contribution in [0, 0.1) is 5.51 Å². The fraction of sp³-hybridized carbons (Fsp3) is 0.250. The van der Waals surface area contributed by atoms with Crippen LogP contribution in [-0.4, -0.2) is 0 Å². The van der Waals surface area contributed by atoms with E-state index in [0.717, 1.165) is 6.54 Å². The molecule has 0 atom stereocenters. The van der Waals surface area contributed by atoms with Crippen molar-refractivity contribution in [2.45, 2.75) is 20.4 Å². The lowest BCUT2D eigenvalue weighted by atomic mass is 10.3. The maximum Gasteiger partial charge on any atom is 0.179 e. The van der Waals surface area contributed by atoms with Crippen LogP contribution in [0.2, 0.25) is 0 Å². The standard InChI is InChI=1S/C12H13NS/c1-10(2)7-8-13-9-14-12-6-4-3-5-11(12)13/h3-7H,8H2,1-2H3. The van der Waals surface area contributed by atoms with Crippen molar-refractivity contribution in [1.82, 2.24) is 0 Å². The summed E-state index contributed by atoms with van der Waals surface area (Å²) in [6.45, 7) is 5.16. The van der Waals surface area contributed by atoms with Gasteiger partial charge in [0.25, 0.3) is 0 Å². The van der Waals surface area contributed by atoms with E-state index in [1.165, 1.54) is 15.8 Å². The first-order valence-corrected chi connectivity index (χ1v) is 5.51. The lowest BCUT2D eigenvalue weighted by Gasteiger charge is -1.97. The molecule has 0 unspecified atom stereocenters. The fourth-order valence-electron chi connectivity index (χ4n) is 1.33. The van der Waals surface area contributed by atoms with Crippen molar-refractivity contribution < 1.29 is 4.57 Å². The summed E-state index contributed by atoms with van der Waals surface area (Å²) in [5.41, 5.74) is 5.90. The highest BCUT2D eigenvalue weighted by molar-refractivity contribution is 7.15. The van der Waals surface area contributed by atoms with Crippen molar-refractivity contribution in [1.29, 1.82) is 0 Å². The molecule has 2 aromatic rings. The average molecular weight is 203 g/mol. The van der Waals surface area contributed by atoms with E-state index in [-0.39, 0.29) is 0 Å². The van der Waals surface area contributed by atoms with Crippen LogP contribution >= 0.6 is 11.3 Å². The van der Waals surface area contributed by atoms with Gasteiger partial charge in [-0.2, -0.15) is 0 Å². The average Bonchev–Trinajstić information content (AvgIpc) is 2.58. The van der Waals surface area contributed by atoms with E-state index in [2.05, 4.69) is 54.3 Å². The molecule has 1 aromatic heterocycles. The highest BCUT2D eigenvalue weighted by Crippen LogP contribution is 2.14. The number of hydrogen-bond donors (Lipinski definition) is 0. The van der Waals surface area contributed by atoms with Gasteiger partial charge in [-0.15, -0.1) is 6.07 Å². The van der Waals surface area contributed by atoms with E-state index in [0.29, 0.717) is 0 Å². The van der Waals surface area contributed by atoms with E-state index in [1.807, 2.05) is 0 Å². The monoisotopic (exact) mass is 203 g/mol. The highest BCUT2D eigenvalue weighted by Gasteiger charge is 1.98. The van der Waals surface area contributed by atoms with Gasteiger partial charge >= 0.3 is 0 Å². The van der Waals surface area contributed by atoms with Gasteiger partial charge in [0.2, 0.25) is 0 Å². The van der Waals surface area contributed by atoms with Gasteiger partial charge in [-0.1, -0.05) is 28.5 Å². The lowest BCUT2D eigenvalue weighted by molar-refractivity contribution is -0.660. The summed E-state index contributed by atoms with van der Waals surface area (Å²) in [5, 5.41) is 0. The number of rotatable bonds is 2. The second-order valence-electron chi connectivity index (χ2n) is 3.55. The number of thiazole rings is 1. The Balaban J connectivity index is 2.38. The fourth-order valence-corrected chi connectivity index (χ4v) is 2.14. The molecule has 0 saturated heterocycles. The molecule has 0 amide bonds. The molecule has 2 heteroatoms. The molecule has 0 aliphatic carbocycles. The van der Waals surface area contributed by atoms with Gasteiger partial charge in [0, 0.05) is 0 Å². The van der Waals surface area contributed by atoms with Gasteiger partial charge in [0.15, 0.2) is 5.51 Å². The van der Waals surface area contributed by atoms with Crippen LogP contribution in [-0.2, 0) is 6.54 Å². The Morgan fingerprint density at radius 3 is 3.00 bits per heavy atom. The van der Waals surface area contributed by atoms with Gasteiger partial charge in [-0.3, -0.25) is 0 Å². The second kappa shape index (κ2) is 3.93. The van der Waals surface area contributed by atoms with Crippen LogP contribution in [0.15, 0.2) is 35.9 Å². The van der Waals surface area contributed by atoms with Crippen molar-refractivity contribution >= 4 is 21.6 Å². The molecule has 1 aromatic carbocycles. The van der Waals surface area contributed by atoms with Crippen LogP contribution in [0.25, 0.3) is 10.2 Å². The normalized spacial score (nSPS) is 10.4. The minimum atomic E-state index is 0.923. The Kier molecular flexibility index (Phi) is 2.64. The predicted octanol–water partition coefficient (Wildman–Crippen LogP) is 2.96. The third-order valence-electron chi connectivity index (χ3n) is 2.10. The van der Waals surface area contributed by atoms with Crippen LogP contribution in [0.4, 0.5) is 0 Å². The van der Waals surface area contributed by atoms with Crippen molar-refractivity contribution in [3.05, 3.63) is 41.4 Å². The molecule has 1 heterocycles. The highest BCUT2D eigenvalue weighted by atomic mass is 32.1. The Hall–Kier alpha value is -1.15. The topological polar surface area (TPSA) is 3.88 Å². The summed E-state index contributed by atoms with van der Waals surface area (Å²) < 4.78 is 3.46. The van der Waals surface area contributed by atoms with Gasteiger partial charge in [0.05, 0.1) is 5.52 Å². The SMILES string of the molecule is CC(C)=CC[n+]1[c-]sc2ccccc21. The summed E-state index contributed by atoms with van der Waals surface area (Å²) >= 11 is 1.67. The van der Waals surface area contributed by atoms with E-state index in [4.69, 9.17) is 0 Å². The maximum absolute atomic E-state index is 3.28. The zero-order valence-electron chi connectivity index (χ0n) is 8.45. The number of aromatic nitrogens is 1. The first-order chi connectivity index (χ1) is 6.77. The van der Waals surface area contributed by atoms with E-state index in [9.17, 15) is 0 Å². The van der Waals surface area contributed by atoms with Gasteiger partial charge in [-0.05, 0) is 19.9 Å². The quantitative estimate of drug-likeness (QED) is 0.401. The summed E-state index contributed by atoms with van der Waals surface area (Å²) in [6, 6.07) is 8.41. The molecule has 72 valence electrons. The molecule has 0 radical (unpaired) electrons. The summed E-state index contributed by atoms with van der Waals surface area (Å²) in [4.78, 5) is 0. The smallest absolute Gasteiger partial charge is 0.179 e. The molecule has 14 heavy (non-hydrogen) atoms. The van der Waals surface area contributed by atoms with E-state index < -0.39 is 0 Å². The Morgan fingerprint density at radius 2 is 2.21 bits per heavy atom. The summed E-state index contributed by atoms with van der Waals surface area (Å²) in [5.74, 6) is 0. The minimum Gasteiger partial charge on any atom is -0.300 e. The molecule has 0 fully saturated rings. The Morgan fingerprint density at radius 1 is 1.43 bits per heavy atom. The van der Waals surface area contributed by atoms with Crippen molar-refractivity contribution in [2.24, 2.45) is 0 Å². The zero-order valence-corrected chi connectivity index (χ0v) is 9.27. The van der Waals surface area contributed by atoms with Crippen LogP contribution < -0.4 is 4.57 Å². The molecule has 0 N–H and O–H groups in total. The molecule has 0 spiro atoms. The zero-order chi connectivity index (χ0) is 9.97. The molecule has 2 rings (SSSR count). The Labute approximate surface area is 88.3 Å². The van der Waals surface area contributed by atoms with Gasteiger partial charge in [0.1, 0.15) is 6.54 Å². The number of hydrogen-bond acceptors (Lipinski definition) is 1. The third-order valence-corrected chi connectivity index (χ3v) is 2.98. The molecule has 0 bridgehead atoms. The number of benzene rings is 1. The van der Waals surface area contributed by atoms with Crippen LogP contribution in [0.3, 0.4) is 0 Å². The molecule has 0 aliphatic rings. The van der Waals surface area contributed by atoms with E-state index in [1.54, 1.807) is 11.3 Å². The van der Waals surface area contributed by atoms with E-state index >= 15 is 0 Å². The number of nitrogens with zero attached hydrogens (tertiary/aromatic N) is 1. The third kappa shape index (κ3) is 1.85. The second-order valence-corrected chi connectivity index (χ2v) is 4.38. The summed E-state index contributed by atoms with van der Waals surface area (Å²) in [6.07, 6.45) is 2.22. The first-order valence-electron chi connectivity index (χ1n) is 4.70. The first kappa shape index (κ1) is 9.41. The van der Waals surface area contributed by atoms with Gasteiger partial charge < -0.3 is 4.57 Å². The Bertz CT molecular complexity index is 464. The molecular formula is C12H13NS. The molecule has 1 nitrogen and oxygen atoms in total. The number of para-hydroxylation sites is 1. The maximum atomic E-state index is 3.28. The van der Waals surface area contributed by atoms with Crippen molar-refractivity contribution in [2.75, 3.05) is 0 Å². The van der Waals surface area contributed by atoms with Crippen molar-refractivity contribution in [3.63, 3.8) is 0 Å². The molecule has 0 saturated carbocycles. The van der Waals surface area contributed by atoms with Crippen LogP contribution in [0.5, 0.6) is 0 Å². The number of fused-ring (bicyclic) bond motifs is 1. The largest absolute Gasteiger partial charge is 0.300 e. The van der Waals surface area contributed by atoms with Gasteiger partial charge in [-0.25, -0.2) is 11.3 Å². The number of allylic oxidation sites excluding steroid dienone is 2. The summed E-state index contributed by atoms with van der Waals surface area (Å²) in [7, 11) is 0. The van der Waals surface area contributed by atoms with Crippen LogP contribution in [0.1, 0.15) is 13.8 Å². The van der Waals surface area contributed by atoms with Crippen molar-refractivity contribution in [3.8, 4) is 0 Å². The minimum absolute atomic E-state index is 0.923. The molecule has 0 aliphatic heterocycles.